The van der Waals surface area contributed by atoms with Crippen LogP contribution in [0.15, 0.2) is 41.3 Å². The number of nitrogens with zero attached hydrogens (tertiary/aromatic N) is 2. The fraction of sp³-hybridized carbons (Fsp3) is 0.111. The molecule has 0 saturated heterocycles. The van der Waals surface area contributed by atoms with Crippen molar-refractivity contribution in [2.24, 2.45) is 0 Å². The minimum Gasteiger partial charge on any atom is -0.337 e. The first-order valence-electron chi connectivity index (χ1n) is 7.70. The molecule has 0 bridgehead atoms. The van der Waals surface area contributed by atoms with E-state index in [4.69, 9.17) is 5.26 Å². The van der Waals surface area contributed by atoms with Gasteiger partial charge in [0.15, 0.2) is 15.7 Å². The van der Waals surface area contributed by atoms with Crippen molar-refractivity contribution < 1.29 is 26.0 Å². The normalized spacial score (nSPS) is 11.6. The second-order valence-electron chi connectivity index (χ2n) is 5.88. The summed E-state index contributed by atoms with van der Waals surface area (Å²) in [5.41, 5.74) is 0.104. The van der Waals surface area contributed by atoms with Crippen LogP contribution in [0.3, 0.4) is 0 Å². The van der Waals surface area contributed by atoms with Gasteiger partial charge in [0.2, 0.25) is 0 Å². The Bertz CT molecular complexity index is 1190. The van der Waals surface area contributed by atoms with E-state index in [0.29, 0.717) is 24.0 Å². The van der Waals surface area contributed by atoms with Crippen LogP contribution >= 0.6 is 0 Å². The van der Waals surface area contributed by atoms with Crippen LogP contribution in [0.1, 0.15) is 17.8 Å². The van der Waals surface area contributed by atoms with Crippen LogP contribution in [0.25, 0.3) is 22.5 Å². The van der Waals surface area contributed by atoms with Gasteiger partial charge in [-0.05, 0) is 24.3 Å². The molecule has 0 aliphatic heterocycles. The van der Waals surface area contributed by atoms with Crippen molar-refractivity contribution in [3.05, 3.63) is 59.4 Å². The maximum Gasteiger partial charge on any atom is 0.295 e. The summed E-state index contributed by atoms with van der Waals surface area (Å²) in [6.07, 6.45) is -2.34. The van der Waals surface area contributed by atoms with Gasteiger partial charge >= 0.3 is 0 Å². The second kappa shape index (κ2) is 7.09. The molecule has 0 amide bonds. The number of aromatic amines is 1. The van der Waals surface area contributed by atoms with Gasteiger partial charge in [0, 0.05) is 17.4 Å². The minimum absolute atomic E-state index is 0.0123. The molecule has 0 radical (unpaired) electrons. The lowest BCUT2D eigenvalue weighted by Gasteiger charge is -2.07. The largest absolute Gasteiger partial charge is 0.337 e. The number of alkyl halides is 2. The van der Waals surface area contributed by atoms with Crippen molar-refractivity contribution in [2.75, 3.05) is 6.26 Å². The van der Waals surface area contributed by atoms with Crippen LogP contribution in [0.2, 0.25) is 0 Å². The topological polar surface area (TPSA) is 86.6 Å². The number of rotatable bonds is 4. The average molecular weight is 409 g/mol. The predicted octanol–water partition coefficient (Wildman–Crippen LogP) is 4.23. The number of aromatic nitrogens is 2. The maximum absolute atomic E-state index is 14.3. The molecule has 2 aromatic carbocycles. The minimum atomic E-state index is -4.18. The molecule has 0 aliphatic rings. The zero-order valence-corrected chi connectivity index (χ0v) is 15.0. The standard InChI is InChI=1S/C18H11F4N3O2S/c1-28(26,27)16-12(19)6-11(7-13(16)20)15-14(24-18(25-15)17(21)22)10-4-2-3-9(5-10)8-23/h2-7,17H,1H3,(H,24,25). The molecule has 1 N–H and O–H groups in total. The summed E-state index contributed by atoms with van der Waals surface area (Å²) in [6, 6.07) is 9.22. The summed E-state index contributed by atoms with van der Waals surface area (Å²) in [7, 11) is -4.18. The van der Waals surface area contributed by atoms with Crippen LogP contribution < -0.4 is 0 Å². The van der Waals surface area contributed by atoms with Crippen LogP contribution in [0.5, 0.6) is 0 Å². The van der Waals surface area contributed by atoms with Crippen molar-refractivity contribution in [3.63, 3.8) is 0 Å². The number of sulfone groups is 1. The number of hydrogen-bond acceptors (Lipinski definition) is 4. The van der Waals surface area contributed by atoms with Gasteiger partial charge in [-0.25, -0.2) is 31.0 Å². The van der Waals surface area contributed by atoms with E-state index >= 15 is 0 Å². The first-order chi connectivity index (χ1) is 13.1. The van der Waals surface area contributed by atoms with Crippen LogP contribution in [0.4, 0.5) is 17.6 Å². The number of nitriles is 1. The lowest BCUT2D eigenvalue weighted by atomic mass is 10.0. The van der Waals surface area contributed by atoms with Crippen molar-refractivity contribution in [1.82, 2.24) is 9.97 Å². The van der Waals surface area contributed by atoms with Gasteiger partial charge in [0.25, 0.3) is 6.43 Å². The SMILES string of the molecule is CS(=O)(=O)c1c(F)cc(-c2nc(C(F)F)[nH]c2-c2cccc(C#N)c2)cc1F. The number of nitrogens with one attached hydrogen (secondary N) is 1. The number of halogens is 4. The summed E-state index contributed by atoms with van der Waals surface area (Å²) in [5.74, 6) is -3.47. The molecule has 144 valence electrons. The fourth-order valence-electron chi connectivity index (χ4n) is 2.71. The van der Waals surface area contributed by atoms with Crippen LogP contribution in [-0.4, -0.2) is 24.6 Å². The van der Waals surface area contributed by atoms with Gasteiger partial charge in [-0.15, -0.1) is 0 Å². The maximum atomic E-state index is 14.3. The molecular weight excluding hydrogens is 398 g/mol. The molecule has 0 aliphatic carbocycles. The van der Waals surface area contributed by atoms with Crippen LogP contribution in [0, 0.1) is 23.0 Å². The van der Waals surface area contributed by atoms with E-state index in [-0.39, 0.29) is 22.5 Å². The molecule has 0 unspecified atom stereocenters. The van der Waals surface area contributed by atoms with Gasteiger partial charge in [0.1, 0.15) is 16.5 Å². The highest BCUT2D eigenvalue weighted by molar-refractivity contribution is 7.90. The Morgan fingerprint density at radius 3 is 2.29 bits per heavy atom. The summed E-state index contributed by atoms with van der Waals surface area (Å²) in [4.78, 5) is 5.00. The third-order valence-corrected chi connectivity index (χ3v) is 4.98. The van der Waals surface area contributed by atoms with Crippen molar-refractivity contribution in [1.29, 1.82) is 5.26 Å². The van der Waals surface area contributed by atoms with E-state index in [1.165, 1.54) is 24.3 Å². The molecule has 0 atom stereocenters. The molecule has 3 aromatic rings. The zero-order valence-electron chi connectivity index (χ0n) is 14.2. The lowest BCUT2D eigenvalue weighted by molar-refractivity contribution is 0.141. The number of benzene rings is 2. The molecule has 28 heavy (non-hydrogen) atoms. The molecule has 1 aromatic heterocycles. The van der Waals surface area contributed by atoms with Crippen LogP contribution in [-0.2, 0) is 9.84 Å². The van der Waals surface area contributed by atoms with E-state index in [2.05, 4.69) is 9.97 Å². The third kappa shape index (κ3) is 3.61. The van der Waals surface area contributed by atoms with Gasteiger partial charge in [-0.1, -0.05) is 12.1 Å². The molecule has 1 heterocycles. The van der Waals surface area contributed by atoms with E-state index < -0.39 is 38.6 Å². The number of H-pyrrole nitrogens is 1. The second-order valence-corrected chi connectivity index (χ2v) is 7.83. The van der Waals surface area contributed by atoms with Crippen molar-refractivity contribution in [3.8, 4) is 28.6 Å². The van der Waals surface area contributed by atoms with Gasteiger partial charge < -0.3 is 4.98 Å². The average Bonchev–Trinajstić information content (AvgIpc) is 3.05. The van der Waals surface area contributed by atoms with E-state index in [1.54, 1.807) is 0 Å². The Labute approximate surface area is 157 Å². The number of hydrogen-bond donors (Lipinski definition) is 1. The highest BCUT2D eigenvalue weighted by atomic mass is 32.2. The predicted molar refractivity (Wildman–Crippen MR) is 92.2 cm³/mol. The molecule has 0 spiro atoms. The summed E-state index contributed by atoms with van der Waals surface area (Å²) < 4.78 is 77.9. The van der Waals surface area contributed by atoms with E-state index in [9.17, 15) is 26.0 Å². The summed E-state index contributed by atoms with van der Waals surface area (Å²) in [6.45, 7) is 0. The smallest absolute Gasteiger partial charge is 0.295 e. The van der Waals surface area contributed by atoms with Crippen molar-refractivity contribution >= 4 is 9.84 Å². The first kappa shape index (κ1) is 19.6. The summed E-state index contributed by atoms with van der Waals surface area (Å²) in [5, 5.41) is 9.02. The molecule has 10 heteroatoms. The fourth-order valence-corrected chi connectivity index (χ4v) is 3.53. The highest BCUT2D eigenvalue weighted by Crippen LogP contribution is 2.35. The Hall–Kier alpha value is -3.19. The monoisotopic (exact) mass is 409 g/mol. The Morgan fingerprint density at radius 2 is 1.75 bits per heavy atom. The third-order valence-electron chi connectivity index (χ3n) is 3.85. The van der Waals surface area contributed by atoms with Gasteiger partial charge in [-0.2, -0.15) is 5.26 Å². The molecule has 0 fully saturated rings. The summed E-state index contributed by atoms with van der Waals surface area (Å²) >= 11 is 0. The molecular formula is C18H11F4N3O2S. The molecule has 0 saturated carbocycles. The quantitative estimate of drug-likeness (QED) is 0.653. The first-order valence-corrected chi connectivity index (χ1v) is 9.59. The Balaban J connectivity index is 2.26. The Kier molecular flexibility index (Phi) is 4.95. The lowest BCUT2D eigenvalue weighted by Crippen LogP contribution is -2.05. The molecule has 3 rings (SSSR count). The van der Waals surface area contributed by atoms with E-state index in [1.807, 2.05) is 6.07 Å². The van der Waals surface area contributed by atoms with E-state index in [0.717, 1.165) is 0 Å². The van der Waals surface area contributed by atoms with Crippen molar-refractivity contribution in [2.45, 2.75) is 11.3 Å². The van der Waals surface area contributed by atoms with Gasteiger partial charge in [-0.3, -0.25) is 0 Å². The molecule has 5 nitrogen and oxygen atoms in total. The van der Waals surface area contributed by atoms with Gasteiger partial charge in [0.05, 0.1) is 23.0 Å². The Morgan fingerprint density at radius 1 is 1.11 bits per heavy atom. The number of imidazole rings is 1. The highest BCUT2D eigenvalue weighted by Gasteiger charge is 2.25. The zero-order chi connectivity index (χ0) is 20.6.